The normalized spacial score (nSPS) is 22.7. The number of hydrogen-bond acceptors (Lipinski definition) is 5. The number of benzene rings is 2. The van der Waals surface area contributed by atoms with E-state index < -0.39 is 5.72 Å². The van der Waals surface area contributed by atoms with Crippen molar-refractivity contribution in [2.75, 3.05) is 19.0 Å². The number of rotatable bonds is 2. The fourth-order valence-corrected chi connectivity index (χ4v) is 5.08. The summed E-state index contributed by atoms with van der Waals surface area (Å²) >= 11 is 1.44. The quantitative estimate of drug-likeness (QED) is 0.674. The maximum absolute atomic E-state index is 13.2. The van der Waals surface area contributed by atoms with Crippen LogP contribution in [-0.4, -0.2) is 24.4 Å². The van der Waals surface area contributed by atoms with Crippen molar-refractivity contribution in [1.29, 1.82) is 0 Å². The summed E-state index contributed by atoms with van der Waals surface area (Å²) < 4.78 is 8.70. The molecule has 0 spiro atoms. The van der Waals surface area contributed by atoms with Crippen LogP contribution >= 0.6 is 11.3 Å². The molecule has 28 heavy (non-hydrogen) atoms. The Morgan fingerprint density at radius 1 is 1.21 bits per heavy atom. The summed E-state index contributed by atoms with van der Waals surface area (Å²) in [5.74, 6) is 0.818. The third-order valence-electron chi connectivity index (χ3n) is 5.37. The van der Waals surface area contributed by atoms with Crippen LogP contribution in [0.4, 0.5) is 5.69 Å². The van der Waals surface area contributed by atoms with Gasteiger partial charge in [-0.3, -0.25) is 9.36 Å². The smallest absolute Gasteiger partial charge is 0.270 e. The van der Waals surface area contributed by atoms with E-state index in [1.54, 1.807) is 0 Å². The summed E-state index contributed by atoms with van der Waals surface area (Å²) in [6.45, 7) is 1.99. The Hall–Kier alpha value is -2.86. The maximum atomic E-state index is 13.2. The molecule has 0 saturated heterocycles. The van der Waals surface area contributed by atoms with Gasteiger partial charge in [-0.15, -0.1) is 0 Å². The van der Waals surface area contributed by atoms with Crippen LogP contribution in [0.15, 0.2) is 58.3 Å². The van der Waals surface area contributed by atoms with E-state index in [2.05, 4.69) is 17.0 Å². The Labute approximate surface area is 166 Å². The molecule has 0 saturated carbocycles. The van der Waals surface area contributed by atoms with Crippen LogP contribution in [0.5, 0.6) is 5.75 Å². The van der Waals surface area contributed by atoms with E-state index in [9.17, 15) is 4.79 Å². The summed E-state index contributed by atoms with van der Waals surface area (Å²) in [6.07, 6.45) is 2.62. The molecule has 2 atom stereocenters. The van der Waals surface area contributed by atoms with Gasteiger partial charge in [0.2, 0.25) is 5.72 Å². The average Bonchev–Trinajstić information content (AvgIpc) is 2.96. The van der Waals surface area contributed by atoms with E-state index in [4.69, 9.17) is 9.73 Å². The minimum Gasteiger partial charge on any atom is -0.466 e. The molecule has 0 aliphatic carbocycles. The summed E-state index contributed by atoms with van der Waals surface area (Å²) in [4.78, 5) is 20.8. The van der Waals surface area contributed by atoms with Crippen LogP contribution < -0.4 is 24.5 Å². The molecule has 2 aliphatic rings. The number of ether oxygens (including phenoxy) is 1. The summed E-state index contributed by atoms with van der Waals surface area (Å²) in [5, 5.41) is 0. The van der Waals surface area contributed by atoms with E-state index >= 15 is 0 Å². The first-order valence-electron chi connectivity index (χ1n) is 9.32. The van der Waals surface area contributed by atoms with Crippen molar-refractivity contribution >= 4 is 23.1 Å². The monoisotopic (exact) mass is 391 g/mol. The summed E-state index contributed by atoms with van der Waals surface area (Å²) in [6, 6.07) is 16.1. The largest absolute Gasteiger partial charge is 0.466 e. The Morgan fingerprint density at radius 3 is 2.71 bits per heavy atom. The van der Waals surface area contributed by atoms with E-state index in [1.807, 2.05) is 68.1 Å². The van der Waals surface area contributed by atoms with E-state index in [0.29, 0.717) is 11.0 Å². The highest BCUT2D eigenvalue weighted by Crippen LogP contribution is 2.42. The molecule has 1 aromatic heterocycles. The summed E-state index contributed by atoms with van der Waals surface area (Å²) in [5.41, 5.74) is 2.58. The van der Waals surface area contributed by atoms with E-state index in [0.717, 1.165) is 27.4 Å². The first-order valence-corrected chi connectivity index (χ1v) is 10.1. The van der Waals surface area contributed by atoms with Gasteiger partial charge in [0.1, 0.15) is 5.75 Å². The van der Waals surface area contributed by atoms with Gasteiger partial charge in [-0.05, 0) is 36.8 Å². The van der Waals surface area contributed by atoms with Gasteiger partial charge in [0.15, 0.2) is 4.80 Å². The van der Waals surface area contributed by atoms with Gasteiger partial charge in [-0.2, -0.15) is 0 Å². The van der Waals surface area contributed by atoms with Gasteiger partial charge in [0.25, 0.3) is 5.56 Å². The van der Waals surface area contributed by atoms with Crippen LogP contribution in [0.25, 0.3) is 6.08 Å². The molecule has 0 radical (unpaired) electrons. The van der Waals surface area contributed by atoms with Crippen molar-refractivity contribution < 1.29 is 4.74 Å². The molecule has 5 rings (SSSR count). The minimum absolute atomic E-state index is 0.0178. The molecule has 3 heterocycles. The lowest BCUT2D eigenvalue weighted by Gasteiger charge is -2.39. The first kappa shape index (κ1) is 17.3. The lowest BCUT2D eigenvalue weighted by molar-refractivity contribution is 0.0410. The predicted octanol–water partition coefficient (Wildman–Crippen LogP) is 2.53. The molecule has 5 nitrogen and oxygen atoms in total. The molecule has 2 aromatic carbocycles. The van der Waals surface area contributed by atoms with Crippen molar-refractivity contribution in [3.8, 4) is 5.75 Å². The molecule has 6 heteroatoms. The number of fused-ring (bicyclic) bond motifs is 6. The SMILES string of the molecule is CN(C)c1ccc(/C=c2/sc3n(c2=O)[C@@H]2C[C@](C)(N=3)Oc3ccccc32)cc1. The topological polar surface area (TPSA) is 46.8 Å². The Morgan fingerprint density at radius 2 is 1.96 bits per heavy atom. The third kappa shape index (κ3) is 2.67. The second kappa shape index (κ2) is 6.07. The van der Waals surface area contributed by atoms with E-state index in [-0.39, 0.29) is 11.6 Å². The van der Waals surface area contributed by atoms with Crippen molar-refractivity contribution in [3.05, 3.63) is 79.3 Å². The molecule has 142 valence electrons. The molecular weight excluding hydrogens is 370 g/mol. The lowest BCUT2D eigenvalue weighted by atomic mass is 9.93. The van der Waals surface area contributed by atoms with E-state index in [1.165, 1.54) is 11.3 Å². The number of aromatic nitrogens is 1. The van der Waals surface area contributed by atoms with Crippen LogP contribution in [0.2, 0.25) is 0 Å². The van der Waals surface area contributed by atoms with Crippen LogP contribution in [0.1, 0.15) is 30.5 Å². The molecule has 0 N–H and O–H groups in total. The van der Waals surface area contributed by atoms with Crippen LogP contribution in [0, 0.1) is 0 Å². The number of hydrogen-bond donors (Lipinski definition) is 0. The fraction of sp³-hybridized carbons (Fsp3) is 0.273. The number of para-hydroxylation sites is 1. The third-order valence-corrected chi connectivity index (χ3v) is 6.35. The standard InChI is InChI=1S/C22H21N3O2S/c1-22-13-17(16-6-4-5-7-18(16)27-22)25-20(26)19(28-21(25)23-22)12-14-8-10-15(11-9-14)24(2)3/h4-12,17H,13H2,1-3H3/b19-12+/t17-,22-/m1/s1. The Bertz CT molecular complexity index is 1240. The van der Waals surface area contributed by atoms with Crippen molar-refractivity contribution in [3.63, 3.8) is 0 Å². The van der Waals surface area contributed by atoms with Gasteiger partial charge >= 0.3 is 0 Å². The highest BCUT2D eigenvalue weighted by molar-refractivity contribution is 7.07. The maximum Gasteiger partial charge on any atom is 0.270 e. The lowest BCUT2D eigenvalue weighted by Crippen LogP contribution is -2.49. The molecule has 2 aliphatic heterocycles. The first-order chi connectivity index (χ1) is 13.4. The molecule has 2 bridgehead atoms. The second-order valence-corrected chi connectivity index (χ2v) is 8.71. The fourth-order valence-electron chi connectivity index (χ4n) is 3.96. The zero-order valence-electron chi connectivity index (χ0n) is 16.0. The zero-order chi connectivity index (χ0) is 19.5. The summed E-state index contributed by atoms with van der Waals surface area (Å²) in [7, 11) is 4.02. The Balaban J connectivity index is 1.67. The molecule has 0 fully saturated rings. The molecule has 3 aromatic rings. The van der Waals surface area contributed by atoms with Gasteiger partial charge in [0, 0.05) is 31.8 Å². The number of thiazole rings is 1. The van der Waals surface area contributed by atoms with Gasteiger partial charge in [0.05, 0.1) is 10.6 Å². The van der Waals surface area contributed by atoms with Gasteiger partial charge < -0.3 is 9.64 Å². The average molecular weight is 391 g/mol. The van der Waals surface area contributed by atoms with Crippen LogP contribution in [0.3, 0.4) is 0 Å². The number of nitrogens with zero attached hydrogens (tertiary/aromatic N) is 3. The van der Waals surface area contributed by atoms with Crippen molar-refractivity contribution in [2.24, 2.45) is 4.99 Å². The van der Waals surface area contributed by atoms with Crippen LogP contribution in [-0.2, 0) is 0 Å². The predicted molar refractivity (Wildman–Crippen MR) is 112 cm³/mol. The zero-order valence-corrected chi connectivity index (χ0v) is 16.9. The molecule has 0 amide bonds. The van der Waals surface area contributed by atoms with Crippen molar-refractivity contribution in [1.82, 2.24) is 4.57 Å². The molecular formula is C22H21N3O2S. The minimum atomic E-state index is -0.624. The second-order valence-electron chi connectivity index (χ2n) is 7.70. The Kier molecular flexibility index (Phi) is 3.74. The highest BCUT2D eigenvalue weighted by Gasteiger charge is 2.42. The molecule has 0 unspecified atom stereocenters. The van der Waals surface area contributed by atoms with Crippen molar-refractivity contribution in [2.45, 2.75) is 25.1 Å². The number of anilines is 1. The highest BCUT2D eigenvalue weighted by atomic mass is 32.1. The van der Waals surface area contributed by atoms with Gasteiger partial charge in [-0.1, -0.05) is 41.7 Å². The van der Waals surface area contributed by atoms with Gasteiger partial charge in [-0.25, -0.2) is 4.99 Å².